The van der Waals surface area contributed by atoms with Gasteiger partial charge in [0.15, 0.2) is 6.10 Å². The van der Waals surface area contributed by atoms with E-state index in [0.717, 1.165) is 6.08 Å². The standard InChI is InChI=1S/C18H14Cl2FNO3/c1-11(18(24)22-16-8-3-2-5-14(16)20)25-17(23)10-9-12-13(19)6-4-7-15(12)21/h2-11H,1H3,(H,22,24)/b10-9+/t11-/m0/s1. The van der Waals surface area contributed by atoms with Crippen LogP contribution in [-0.2, 0) is 14.3 Å². The SMILES string of the molecule is C[C@H](OC(=O)/C=C/c1c(F)cccc1Cl)C(=O)Nc1ccccc1Cl. The number of benzene rings is 2. The molecular formula is C18H14Cl2FNO3. The smallest absolute Gasteiger partial charge is 0.331 e. The summed E-state index contributed by atoms with van der Waals surface area (Å²) in [5.74, 6) is -1.92. The number of carbonyl (C=O) groups excluding carboxylic acids is 2. The summed E-state index contributed by atoms with van der Waals surface area (Å²) in [6, 6.07) is 10.8. The zero-order chi connectivity index (χ0) is 18.4. The molecule has 0 saturated heterocycles. The molecule has 0 saturated carbocycles. The number of rotatable bonds is 5. The first kappa shape index (κ1) is 19.0. The van der Waals surface area contributed by atoms with Crippen LogP contribution in [0, 0.1) is 5.82 Å². The lowest BCUT2D eigenvalue weighted by Crippen LogP contribution is -2.29. The minimum absolute atomic E-state index is 0.0642. The van der Waals surface area contributed by atoms with Crippen molar-refractivity contribution in [1.82, 2.24) is 0 Å². The van der Waals surface area contributed by atoms with E-state index in [-0.39, 0.29) is 10.6 Å². The molecule has 0 aliphatic rings. The summed E-state index contributed by atoms with van der Waals surface area (Å²) in [6.45, 7) is 1.41. The van der Waals surface area contributed by atoms with E-state index in [1.807, 2.05) is 0 Å². The van der Waals surface area contributed by atoms with Crippen LogP contribution >= 0.6 is 23.2 Å². The third-order valence-electron chi connectivity index (χ3n) is 3.18. The van der Waals surface area contributed by atoms with Gasteiger partial charge in [0, 0.05) is 11.6 Å². The third-order valence-corrected chi connectivity index (χ3v) is 3.84. The number of amides is 1. The highest BCUT2D eigenvalue weighted by Crippen LogP contribution is 2.21. The Morgan fingerprint density at radius 3 is 2.48 bits per heavy atom. The van der Waals surface area contributed by atoms with Crippen LogP contribution in [0.3, 0.4) is 0 Å². The quantitative estimate of drug-likeness (QED) is 0.602. The van der Waals surface area contributed by atoms with E-state index in [9.17, 15) is 14.0 Å². The molecule has 130 valence electrons. The maximum absolute atomic E-state index is 13.6. The molecule has 2 aromatic rings. The summed E-state index contributed by atoms with van der Waals surface area (Å²) in [5.41, 5.74) is 0.472. The lowest BCUT2D eigenvalue weighted by Gasteiger charge is -2.13. The van der Waals surface area contributed by atoms with Gasteiger partial charge in [0.05, 0.1) is 15.7 Å². The maximum atomic E-state index is 13.6. The van der Waals surface area contributed by atoms with Crippen LogP contribution in [-0.4, -0.2) is 18.0 Å². The highest BCUT2D eigenvalue weighted by molar-refractivity contribution is 6.33. The van der Waals surface area contributed by atoms with Gasteiger partial charge in [0.1, 0.15) is 5.82 Å². The molecule has 7 heteroatoms. The Bertz CT molecular complexity index is 803. The molecule has 1 atom stereocenters. The number of ether oxygens (including phenoxy) is 1. The average molecular weight is 382 g/mol. The summed E-state index contributed by atoms with van der Waals surface area (Å²) in [4.78, 5) is 23.8. The Labute approximate surface area is 154 Å². The van der Waals surface area contributed by atoms with Gasteiger partial charge in [-0.1, -0.05) is 41.4 Å². The monoisotopic (exact) mass is 381 g/mol. The van der Waals surface area contributed by atoms with Crippen molar-refractivity contribution in [3.05, 3.63) is 70.0 Å². The molecule has 0 bridgehead atoms. The Balaban J connectivity index is 1.97. The molecule has 2 rings (SSSR count). The van der Waals surface area contributed by atoms with Gasteiger partial charge in [-0.15, -0.1) is 0 Å². The van der Waals surface area contributed by atoms with Crippen LogP contribution in [0.4, 0.5) is 10.1 Å². The molecule has 0 fully saturated rings. The van der Waals surface area contributed by atoms with E-state index in [1.54, 1.807) is 24.3 Å². The van der Waals surface area contributed by atoms with Crippen LogP contribution < -0.4 is 5.32 Å². The van der Waals surface area contributed by atoms with E-state index in [4.69, 9.17) is 27.9 Å². The Hall–Kier alpha value is -2.37. The number of nitrogens with one attached hydrogen (secondary N) is 1. The predicted octanol–water partition coefficient (Wildman–Crippen LogP) is 4.72. The van der Waals surface area contributed by atoms with Gasteiger partial charge in [0.25, 0.3) is 5.91 Å². The van der Waals surface area contributed by atoms with Crippen molar-refractivity contribution in [3.8, 4) is 0 Å². The molecule has 0 heterocycles. The Morgan fingerprint density at radius 2 is 1.80 bits per heavy atom. The molecule has 1 N–H and O–H groups in total. The van der Waals surface area contributed by atoms with Gasteiger partial charge in [-0.05, 0) is 37.3 Å². The fourth-order valence-electron chi connectivity index (χ4n) is 1.89. The van der Waals surface area contributed by atoms with Crippen LogP contribution in [0.1, 0.15) is 12.5 Å². The highest BCUT2D eigenvalue weighted by Gasteiger charge is 2.17. The van der Waals surface area contributed by atoms with Crippen molar-refractivity contribution in [1.29, 1.82) is 0 Å². The molecule has 0 aliphatic heterocycles. The first-order valence-electron chi connectivity index (χ1n) is 7.26. The number of halogens is 3. The molecule has 2 aromatic carbocycles. The first-order valence-corrected chi connectivity index (χ1v) is 8.02. The van der Waals surface area contributed by atoms with E-state index in [1.165, 1.54) is 31.2 Å². The number of esters is 1. The second-order valence-corrected chi connectivity index (χ2v) is 5.83. The van der Waals surface area contributed by atoms with E-state index in [2.05, 4.69) is 5.32 Å². The summed E-state index contributed by atoms with van der Waals surface area (Å²) in [5, 5.41) is 3.08. The van der Waals surface area contributed by atoms with Crippen molar-refractivity contribution in [2.45, 2.75) is 13.0 Å². The molecule has 4 nitrogen and oxygen atoms in total. The molecule has 0 spiro atoms. The first-order chi connectivity index (χ1) is 11.9. The van der Waals surface area contributed by atoms with Crippen LogP contribution in [0.25, 0.3) is 6.08 Å². The van der Waals surface area contributed by atoms with Crippen molar-refractivity contribution >= 4 is 46.8 Å². The molecule has 1 amide bonds. The molecule has 0 unspecified atom stereocenters. The van der Waals surface area contributed by atoms with Gasteiger partial charge in [-0.25, -0.2) is 9.18 Å². The average Bonchev–Trinajstić information content (AvgIpc) is 2.56. The summed E-state index contributed by atoms with van der Waals surface area (Å²) in [6.07, 6.45) is 1.13. The molecule has 0 radical (unpaired) electrons. The lowest BCUT2D eigenvalue weighted by molar-refractivity contribution is -0.148. The second-order valence-electron chi connectivity index (χ2n) is 5.02. The van der Waals surface area contributed by atoms with Gasteiger partial charge in [0.2, 0.25) is 0 Å². The van der Waals surface area contributed by atoms with Gasteiger partial charge in [-0.3, -0.25) is 4.79 Å². The van der Waals surface area contributed by atoms with Gasteiger partial charge >= 0.3 is 5.97 Å². The molecule has 0 aromatic heterocycles. The summed E-state index contributed by atoms with van der Waals surface area (Å²) in [7, 11) is 0. The number of para-hydroxylation sites is 1. The Morgan fingerprint density at radius 1 is 1.12 bits per heavy atom. The molecular weight excluding hydrogens is 368 g/mol. The normalized spacial score (nSPS) is 12.0. The minimum atomic E-state index is -1.07. The van der Waals surface area contributed by atoms with Crippen LogP contribution in [0.2, 0.25) is 10.0 Å². The van der Waals surface area contributed by atoms with Crippen molar-refractivity contribution in [3.63, 3.8) is 0 Å². The third kappa shape index (κ3) is 5.31. The zero-order valence-electron chi connectivity index (χ0n) is 13.1. The largest absolute Gasteiger partial charge is 0.449 e. The summed E-state index contributed by atoms with van der Waals surface area (Å²) < 4.78 is 18.6. The number of hydrogen-bond acceptors (Lipinski definition) is 3. The maximum Gasteiger partial charge on any atom is 0.331 e. The topological polar surface area (TPSA) is 55.4 Å². The Kier molecular flexibility index (Phi) is 6.56. The number of carbonyl (C=O) groups is 2. The highest BCUT2D eigenvalue weighted by atomic mass is 35.5. The molecule has 25 heavy (non-hydrogen) atoms. The fourth-order valence-corrected chi connectivity index (χ4v) is 2.29. The van der Waals surface area contributed by atoms with E-state index in [0.29, 0.717) is 10.7 Å². The zero-order valence-corrected chi connectivity index (χ0v) is 14.6. The molecule has 0 aliphatic carbocycles. The minimum Gasteiger partial charge on any atom is -0.449 e. The van der Waals surface area contributed by atoms with Crippen molar-refractivity contribution in [2.24, 2.45) is 0 Å². The van der Waals surface area contributed by atoms with E-state index >= 15 is 0 Å². The van der Waals surface area contributed by atoms with E-state index < -0.39 is 23.8 Å². The van der Waals surface area contributed by atoms with Crippen molar-refractivity contribution in [2.75, 3.05) is 5.32 Å². The van der Waals surface area contributed by atoms with Crippen LogP contribution in [0.5, 0.6) is 0 Å². The van der Waals surface area contributed by atoms with Crippen LogP contribution in [0.15, 0.2) is 48.5 Å². The lowest BCUT2D eigenvalue weighted by atomic mass is 10.2. The van der Waals surface area contributed by atoms with Gasteiger partial charge in [-0.2, -0.15) is 0 Å². The van der Waals surface area contributed by atoms with Gasteiger partial charge < -0.3 is 10.1 Å². The second kappa shape index (κ2) is 8.65. The number of hydrogen-bond donors (Lipinski definition) is 1. The predicted molar refractivity (Wildman–Crippen MR) is 96.1 cm³/mol. The summed E-state index contributed by atoms with van der Waals surface area (Å²) >= 11 is 11.8. The fraction of sp³-hybridized carbons (Fsp3) is 0.111. The number of anilines is 1. The van der Waals surface area contributed by atoms with Crippen molar-refractivity contribution < 1.29 is 18.7 Å².